The second kappa shape index (κ2) is 6.92. The van der Waals surface area contributed by atoms with Crippen LogP contribution in [0.15, 0.2) is 40.2 Å². The molecule has 1 aliphatic carbocycles. The summed E-state index contributed by atoms with van der Waals surface area (Å²) >= 11 is 0. The molecule has 1 fully saturated rings. The molecule has 1 N–H and O–H groups in total. The van der Waals surface area contributed by atoms with Crippen molar-refractivity contribution < 1.29 is 18.0 Å². The number of nitrogens with zero attached hydrogens (tertiary/aromatic N) is 2. The summed E-state index contributed by atoms with van der Waals surface area (Å²) in [6, 6.07) is 4.37. The van der Waals surface area contributed by atoms with Crippen LogP contribution in [-0.2, 0) is 0 Å². The highest BCUT2D eigenvalue weighted by molar-refractivity contribution is 6.23. The van der Waals surface area contributed by atoms with E-state index in [9.17, 15) is 22.8 Å². The molecule has 1 aromatic carbocycles. The lowest BCUT2D eigenvalue weighted by Gasteiger charge is -2.27. The van der Waals surface area contributed by atoms with Crippen molar-refractivity contribution in [3.05, 3.63) is 68.9 Å². The van der Waals surface area contributed by atoms with Crippen LogP contribution in [0.1, 0.15) is 71.7 Å². The van der Waals surface area contributed by atoms with Crippen molar-refractivity contribution in [2.24, 2.45) is 4.99 Å². The first-order valence-corrected chi connectivity index (χ1v) is 9.09. The molecular formula is C20H18F3N3O2. The van der Waals surface area contributed by atoms with Gasteiger partial charge in [-0.1, -0.05) is 18.2 Å². The molecule has 1 aliphatic heterocycles. The smallest absolute Gasteiger partial charge is 0.266 e. The fraction of sp³-hybridized carbons (Fsp3) is 0.350. The van der Waals surface area contributed by atoms with Gasteiger partial charge in [0.1, 0.15) is 11.7 Å². The van der Waals surface area contributed by atoms with E-state index < -0.39 is 29.8 Å². The van der Waals surface area contributed by atoms with Gasteiger partial charge in [0.25, 0.3) is 17.9 Å². The van der Waals surface area contributed by atoms with E-state index in [1.165, 1.54) is 18.2 Å². The molecule has 2 aromatic rings. The SMILES string of the molecule is C[C@@H](N=C1NC(=O)c2cc(=O)n(C3CCC3)cc21)c1cccc(C(F)F)c1F. The zero-order valence-electron chi connectivity index (χ0n) is 15.1. The van der Waals surface area contributed by atoms with Gasteiger partial charge in [0, 0.05) is 29.4 Å². The number of halogens is 3. The van der Waals surface area contributed by atoms with Gasteiger partial charge in [-0.25, -0.2) is 13.2 Å². The third kappa shape index (κ3) is 3.02. The molecule has 1 amide bonds. The molecule has 2 aliphatic rings. The standard InChI is InChI=1S/C20H18F3N3O2/c1-10(12-6-3-7-13(17(12)21)18(22)23)24-19-15-9-26(11-4-2-5-11)16(27)8-14(15)20(28)25-19/h3,6-11,18H,2,4-5H2,1H3,(H,24,25,28)/t10-/m1/s1. The number of hydrogen-bond acceptors (Lipinski definition) is 3. The van der Waals surface area contributed by atoms with Gasteiger partial charge < -0.3 is 9.88 Å². The largest absolute Gasteiger partial charge is 0.312 e. The number of benzene rings is 1. The second-order valence-electron chi connectivity index (χ2n) is 7.09. The maximum Gasteiger partial charge on any atom is 0.266 e. The van der Waals surface area contributed by atoms with Crippen LogP contribution in [0.2, 0.25) is 0 Å². The predicted molar refractivity (Wildman–Crippen MR) is 97.4 cm³/mol. The fourth-order valence-electron chi connectivity index (χ4n) is 3.54. The Morgan fingerprint density at radius 2 is 1.89 bits per heavy atom. The number of amides is 1. The number of nitrogens with one attached hydrogen (secondary N) is 1. The van der Waals surface area contributed by atoms with E-state index >= 15 is 0 Å². The highest BCUT2D eigenvalue weighted by atomic mass is 19.3. The molecule has 4 rings (SSSR count). The zero-order valence-corrected chi connectivity index (χ0v) is 15.1. The Balaban J connectivity index is 1.74. The number of aromatic nitrogens is 1. The van der Waals surface area contributed by atoms with Crippen molar-refractivity contribution in [1.82, 2.24) is 9.88 Å². The minimum Gasteiger partial charge on any atom is -0.312 e. The highest BCUT2D eigenvalue weighted by Crippen LogP contribution is 2.32. The van der Waals surface area contributed by atoms with E-state index in [0.717, 1.165) is 25.3 Å². The summed E-state index contributed by atoms with van der Waals surface area (Å²) in [5.74, 6) is -1.25. The summed E-state index contributed by atoms with van der Waals surface area (Å²) in [5.41, 5.74) is -0.231. The van der Waals surface area contributed by atoms with Crippen LogP contribution in [0.3, 0.4) is 0 Å². The van der Waals surface area contributed by atoms with Crippen LogP contribution < -0.4 is 10.9 Å². The highest BCUT2D eigenvalue weighted by Gasteiger charge is 2.30. The fourth-order valence-corrected chi connectivity index (χ4v) is 3.54. The molecule has 146 valence electrons. The summed E-state index contributed by atoms with van der Waals surface area (Å²) in [5, 5.41) is 2.59. The van der Waals surface area contributed by atoms with Gasteiger partial charge in [-0.3, -0.25) is 14.6 Å². The average Bonchev–Trinajstić information content (AvgIpc) is 2.88. The Morgan fingerprint density at radius 3 is 2.54 bits per heavy atom. The van der Waals surface area contributed by atoms with Gasteiger partial charge in [-0.2, -0.15) is 0 Å². The number of alkyl halides is 2. The molecule has 2 heterocycles. The van der Waals surface area contributed by atoms with Crippen molar-refractivity contribution in [3.63, 3.8) is 0 Å². The summed E-state index contributed by atoms with van der Waals surface area (Å²) in [7, 11) is 0. The summed E-state index contributed by atoms with van der Waals surface area (Å²) in [6.45, 7) is 1.56. The van der Waals surface area contributed by atoms with Crippen molar-refractivity contribution in [3.8, 4) is 0 Å². The maximum absolute atomic E-state index is 14.4. The Hall–Kier alpha value is -2.90. The number of carbonyl (C=O) groups is 1. The number of carbonyl (C=O) groups excluding carboxylic acids is 1. The van der Waals surface area contributed by atoms with Gasteiger partial charge in [0.2, 0.25) is 0 Å². The predicted octanol–water partition coefficient (Wildman–Crippen LogP) is 3.90. The van der Waals surface area contributed by atoms with Crippen LogP contribution in [0.5, 0.6) is 0 Å². The molecular weight excluding hydrogens is 371 g/mol. The van der Waals surface area contributed by atoms with Crippen molar-refractivity contribution in [2.75, 3.05) is 0 Å². The first-order chi connectivity index (χ1) is 13.4. The maximum atomic E-state index is 14.4. The van der Waals surface area contributed by atoms with Crippen LogP contribution in [0, 0.1) is 5.82 Å². The molecule has 1 saturated carbocycles. The number of rotatable bonds is 4. The lowest BCUT2D eigenvalue weighted by Crippen LogP contribution is -2.29. The van der Waals surface area contributed by atoms with E-state index in [2.05, 4.69) is 10.3 Å². The van der Waals surface area contributed by atoms with Gasteiger partial charge in [0.15, 0.2) is 0 Å². The van der Waals surface area contributed by atoms with Crippen molar-refractivity contribution >= 4 is 11.7 Å². The minimum absolute atomic E-state index is 0.0142. The third-order valence-corrected chi connectivity index (χ3v) is 5.35. The molecule has 0 unspecified atom stereocenters. The Kier molecular flexibility index (Phi) is 4.56. The molecule has 8 heteroatoms. The first kappa shape index (κ1) is 18.5. The number of hydrogen-bond donors (Lipinski definition) is 1. The molecule has 0 saturated heterocycles. The van der Waals surface area contributed by atoms with E-state index in [0.29, 0.717) is 5.56 Å². The molecule has 0 bridgehead atoms. The summed E-state index contributed by atoms with van der Waals surface area (Å²) < 4.78 is 41.9. The lowest BCUT2D eigenvalue weighted by molar-refractivity contribution is 0.0982. The van der Waals surface area contributed by atoms with Crippen molar-refractivity contribution in [1.29, 1.82) is 0 Å². The number of aliphatic imine (C=N–C) groups is 1. The van der Waals surface area contributed by atoms with Crippen LogP contribution in [-0.4, -0.2) is 16.3 Å². The van der Waals surface area contributed by atoms with Crippen molar-refractivity contribution in [2.45, 2.75) is 44.7 Å². The van der Waals surface area contributed by atoms with Crippen LogP contribution in [0.25, 0.3) is 0 Å². The van der Waals surface area contributed by atoms with E-state index in [1.54, 1.807) is 17.7 Å². The molecule has 0 spiro atoms. The van der Waals surface area contributed by atoms with Gasteiger partial charge in [-0.15, -0.1) is 0 Å². The molecule has 28 heavy (non-hydrogen) atoms. The number of amidine groups is 1. The molecule has 5 nitrogen and oxygen atoms in total. The van der Waals surface area contributed by atoms with Gasteiger partial charge in [0.05, 0.1) is 17.2 Å². The molecule has 0 radical (unpaired) electrons. The third-order valence-electron chi connectivity index (χ3n) is 5.35. The van der Waals surface area contributed by atoms with E-state index in [1.807, 2.05) is 0 Å². The number of pyridine rings is 1. The molecule has 1 atom stereocenters. The van der Waals surface area contributed by atoms with Gasteiger partial charge >= 0.3 is 0 Å². The molecule has 1 aromatic heterocycles. The first-order valence-electron chi connectivity index (χ1n) is 9.09. The van der Waals surface area contributed by atoms with Crippen LogP contribution in [0.4, 0.5) is 13.2 Å². The minimum atomic E-state index is -2.93. The Morgan fingerprint density at radius 1 is 1.18 bits per heavy atom. The van der Waals surface area contributed by atoms with Gasteiger partial charge in [-0.05, 0) is 26.2 Å². The Labute approximate surface area is 158 Å². The number of fused-ring (bicyclic) bond motifs is 1. The van der Waals surface area contributed by atoms with E-state index in [4.69, 9.17) is 0 Å². The zero-order chi connectivity index (χ0) is 20.0. The normalized spacial score (nSPS) is 18.9. The second-order valence-corrected chi connectivity index (χ2v) is 7.09. The summed E-state index contributed by atoms with van der Waals surface area (Å²) in [4.78, 5) is 28.8. The Bertz CT molecular complexity index is 1040. The topological polar surface area (TPSA) is 63.5 Å². The quantitative estimate of drug-likeness (QED) is 0.862. The summed E-state index contributed by atoms with van der Waals surface area (Å²) in [6.07, 6.45) is 1.52. The monoisotopic (exact) mass is 389 g/mol. The van der Waals surface area contributed by atoms with Crippen LogP contribution >= 0.6 is 0 Å². The van der Waals surface area contributed by atoms with E-state index in [-0.39, 0.29) is 28.6 Å². The lowest BCUT2D eigenvalue weighted by atomic mass is 9.92. The average molecular weight is 389 g/mol.